The van der Waals surface area contributed by atoms with Crippen LogP contribution in [0, 0.1) is 40.9 Å². The summed E-state index contributed by atoms with van der Waals surface area (Å²) < 4.78 is 28.1. The van der Waals surface area contributed by atoms with E-state index in [0.29, 0.717) is 19.3 Å². The van der Waals surface area contributed by atoms with E-state index in [9.17, 15) is 18.7 Å². The molecular weight excluding hydrogens is 334 g/mol. The molecule has 4 heteroatoms. The largest absolute Gasteiger partial charge is 0.377 e. The van der Waals surface area contributed by atoms with Crippen LogP contribution in [0.4, 0.5) is 8.78 Å². The van der Waals surface area contributed by atoms with E-state index in [4.69, 9.17) is 0 Å². The summed E-state index contributed by atoms with van der Waals surface area (Å²) in [5.41, 5.74) is -0.512. The molecule has 0 aromatic carbocycles. The molecule has 4 aliphatic carbocycles. The Balaban J connectivity index is 1.80. The van der Waals surface area contributed by atoms with Gasteiger partial charge < -0.3 is 5.11 Å². The molecule has 3 fully saturated rings. The van der Waals surface area contributed by atoms with Gasteiger partial charge in [-0.25, -0.2) is 0 Å². The molecule has 0 amide bonds. The predicted molar refractivity (Wildman–Crippen MR) is 95.1 cm³/mol. The number of carbonyl (C=O) groups excluding carboxylic acids is 1. The topological polar surface area (TPSA) is 37.3 Å². The Labute approximate surface area is 153 Å². The van der Waals surface area contributed by atoms with Crippen LogP contribution in [-0.4, -0.2) is 16.5 Å². The van der Waals surface area contributed by atoms with E-state index < -0.39 is 17.1 Å². The molecule has 0 saturated heterocycles. The number of fused-ring (bicyclic) bond motifs is 5. The van der Waals surface area contributed by atoms with Gasteiger partial charge in [-0.1, -0.05) is 18.4 Å². The van der Waals surface area contributed by atoms with Gasteiger partial charge in [0.15, 0.2) is 5.78 Å². The molecule has 1 N–H and O–H groups in total. The van der Waals surface area contributed by atoms with Crippen LogP contribution in [0.2, 0.25) is 0 Å². The first-order chi connectivity index (χ1) is 12.3. The van der Waals surface area contributed by atoms with Crippen molar-refractivity contribution in [3.63, 3.8) is 0 Å². The van der Waals surface area contributed by atoms with Crippen molar-refractivity contribution in [2.75, 3.05) is 0 Å². The van der Waals surface area contributed by atoms with Crippen LogP contribution in [0.25, 0.3) is 0 Å². The van der Waals surface area contributed by atoms with Gasteiger partial charge in [0.1, 0.15) is 5.60 Å². The lowest BCUT2D eigenvalue weighted by Gasteiger charge is -2.55. The number of carbonyl (C=O) groups is 1. The van der Waals surface area contributed by atoms with E-state index in [1.54, 1.807) is 13.0 Å². The molecule has 26 heavy (non-hydrogen) atoms. The van der Waals surface area contributed by atoms with Gasteiger partial charge in [-0.3, -0.25) is 4.79 Å². The highest BCUT2D eigenvalue weighted by molar-refractivity contribution is 5.91. The molecule has 0 radical (unpaired) electrons. The maximum Gasteiger partial charge on any atom is 0.269 e. The van der Waals surface area contributed by atoms with Crippen LogP contribution < -0.4 is 0 Å². The Kier molecular flexibility index (Phi) is 4.15. The van der Waals surface area contributed by atoms with E-state index in [2.05, 4.69) is 11.8 Å². The molecule has 2 nitrogen and oxygen atoms in total. The lowest BCUT2D eigenvalue weighted by molar-refractivity contribution is -0.116. The number of hydrogen-bond donors (Lipinski definition) is 1. The van der Waals surface area contributed by atoms with Gasteiger partial charge >= 0.3 is 0 Å². The molecule has 0 aromatic heterocycles. The second-order valence-electron chi connectivity index (χ2n) is 8.82. The SMILES string of the molecule is CC#C[C@]1(O)CC[C@H]2[C@@H]3CCC4=CC(=O)CC[C@@H]4[C@H]3C(=C(F)F)C[C@@]21C. The van der Waals surface area contributed by atoms with Gasteiger partial charge in [-0.2, -0.15) is 8.78 Å². The molecule has 140 valence electrons. The molecular formula is C22H26F2O2. The minimum absolute atomic E-state index is 0.0680. The third kappa shape index (κ3) is 2.36. The maximum absolute atomic E-state index is 14.1. The van der Waals surface area contributed by atoms with Crippen molar-refractivity contribution >= 4 is 5.78 Å². The number of hydrogen-bond acceptors (Lipinski definition) is 2. The summed E-state index contributed by atoms with van der Waals surface area (Å²) in [6.45, 7) is 3.66. The molecule has 0 bridgehead atoms. The van der Waals surface area contributed by atoms with Crippen LogP contribution >= 0.6 is 0 Å². The highest BCUT2D eigenvalue weighted by Crippen LogP contribution is 2.66. The van der Waals surface area contributed by atoms with Crippen molar-refractivity contribution in [3.05, 3.63) is 23.3 Å². The molecule has 3 saturated carbocycles. The average molecular weight is 360 g/mol. The average Bonchev–Trinajstić information content (AvgIpc) is 2.85. The van der Waals surface area contributed by atoms with Gasteiger partial charge in [0.2, 0.25) is 0 Å². The Hall–Kier alpha value is -1.47. The zero-order valence-electron chi connectivity index (χ0n) is 15.4. The van der Waals surface area contributed by atoms with Crippen molar-refractivity contribution in [2.24, 2.45) is 29.1 Å². The monoisotopic (exact) mass is 360 g/mol. The Bertz CT molecular complexity index is 767. The van der Waals surface area contributed by atoms with Crippen LogP contribution in [0.15, 0.2) is 23.3 Å². The fourth-order valence-electron chi connectivity index (χ4n) is 6.66. The Morgan fingerprint density at radius 3 is 2.73 bits per heavy atom. The number of halogens is 2. The molecule has 0 spiro atoms. The van der Waals surface area contributed by atoms with Gasteiger partial charge in [-0.15, -0.1) is 5.92 Å². The minimum atomic E-state index is -1.59. The molecule has 0 unspecified atom stereocenters. The Morgan fingerprint density at radius 2 is 2.04 bits per heavy atom. The van der Waals surface area contributed by atoms with Crippen molar-refractivity contribution in [2.45, 2.75) is 64.4 Å². The number of allylic oxidation sites excluding steroid dienone is 2. The summed E-state index contributed by atoms with van der Waals surface area (Å²) in [4.78, 5) is 11.8. The highest BCUT2D eigenvalue weighted by Gasteiger charge is 2.63. The lowest BCUT2D eigenvalue weighted by atomic mass is 9.49. The number of aliphatic hydroxyl groups is 1. The second-order valence-corrected chi connectivity index (χ2v) is 8.82. The van der Waals surface area contributed by atoms with E-state index in [-0.39, 0.29) is 41.4 Å². The molecule has 4 aliphatic rings. The fraction of sp³-hybridized carbons (Fsp3) is 0.682. The highest BCUT2D eigenvalue weighted by atomic mass is 19.3. The summed E-state index contributed by atoms with van der Waals surface area (Å²) in [6, 6.07) is 0. The predicted octanol–water partition coefficient (Wildman–Crippen LogP) is 4.64. The summed E-state index contributed by atoms with van der Waals surface area (Å²) in [6.07, 6.45) is 4.55. The third-order valence-electron chi connectivity index (χ3n) is 7.82. The first kappa shape index (κ1) is 17.9. The summed E-state index contributed by atoms with van der Waals surface area (Å²) in [5.74, 6) is 6.16. The summed E-state index contributed by atoms with van der Waals surface area (Å²) in [5, 5.41) is 11.2. The lowest BCUT2D eigenvalue weighted by Crippen LogP contribution is -2.53. The van der Waals surface area contributed by atoms with Crippen molar-refractivity contribution in [1.82, 2.24) is 0 Å². The zero-order chi connectivity index (χ0) is 18.7. The molecule has 4 rings (SSSR count). The maximum atomic E-state index is 14.1. The van der Waals surface area contributed by atoms with Crippen LogP contribution in [-0.2, 0) is 4.79 Å². The number of ketones is 1. The first-order valence-corrected chi connectivity index (χ1v) is 9.74. The summed E-state index contributed by atoms with van der Waals surface area (Å²) >= 11 is 0. The van der Waals surface area contributed by atoms with E-state index in [0.717, 1.165) is 24.8 Å². The minimum Gasteiger partial charge on any atom is -0.377 e. The fourth-order valence-corrected chi connectivity index (χ4v) is 6.66. The van der Waals surface area contributed by atoms with Gasteiger partial charge in [-0.05, 0) is 80.8 Å². The Morgan fingerprint density at radius 1 is 1.27 bits per heavy atom. The quantitative estimate of drug-likeness (QED) is 0.639. The van der Waals surface area contributed by atoms with Gasteiger partial charge in [0, 0.05) is 11.8 Å². The van der Waals surface area contributed by atoms with E-state index >= 15 is 0 Å². The molecule has 0 aliphatic heterocycles. The van der Waals surface area contributed by atoms with Gasteiger partial charge in [0.05, 0.1) is 0 Å². The molecule has 0 aromatic rings. The molecule has 0 heterocycles. The summed E-state index contributed by atoms with van der Waals surface area (Å²) in [7, 11) is 0. The second kappa shape index (κ2) is 6.02. The van der Waals surface area contributed by atoms with Crippen LogP contribution in [0.5, 0.6) is 0 Å². The van der Waals surface area contributed by atoms with Crippen LogP contribution in [0.3, 0.4) is 0 Å². The van der Waals surface area contributed by atoms with Crippen molar-refractivity contribution < 1.29 is 18.7 Å². The van der Waals surface area contributed by atoms with Gasteiger partial charge in [0.25, 0.3) is 6.08 Å². The van der Waals surface area contributed by atoms with E-state index in [1.807, 2.05) is 6.92 Å². The zero-order valence-corrected chi connectivity index (χ0v) is 15.4. The van der Waals surface area contributed by atoms with Crippen molar-refractivity contribution in [1.29, 1.82) is 0 Å². The number of rotatable bonds is 0. The smallest absolute Gasteiger partial charge is 0.269 e. The van der Waals surface area contributed by atoms with Crippen molar-refractivity contribution in [3.8, 4) is 11.8 Å². The first-order valence-electron chi connectivity index (χ1n) is 9.74. The molecule has 6 atom stereocenters. The normalized spacial score (nSPS) is 44.3. The third-order valence-corrected chi connectivity index (χ3v) is 7.82. The van der Waals surface area contributed by atoms with E-state index in [1.165, 1.54) is 0 Å². The van der Waals surface area contributed by atoms with Crippen LogP contribution in [0.1, 0.15) is 58.8 Å². The standard InChI is InChI=1S/C22H26F2O2/c1-3-9-22(26)10-8-18-16-6-4-13-11-14(25)5-7-15(13)19(16)17(20(23)24)12-21(18,22)2/h11,15-16,18-19,26H,4-8,10,12H2,1-2H3/t15-,16-,18-,19+,21-,22-/m0/s1.